The lowest BCUT2D eigenvalue weighted by molar-refractivity contribution is -0.131. The molecule has 1 amide bonds. The Bertz CT molecular complexity index is 463. The van der Waals surface area contributed by atoms with E-state index in [1.165, 1.54) is 12.1 Å². The molecule has 0 radical (unpaired) electrons. The lowest BCUT2D eigenvalue weighted by Gasteiger charge is -2.27. The summed E-state index contributed by atoms with van der Waals surface area (Å²) in [6, 6.07) is 5.58. The maximum absolute atomic E-state index is 12.9. The van der Waals surface area contributed by atoms with E-state index in [4.69, 9.17) is 10.5 Å². The number of carbonyl (C=O) groups excluding carboxylic acids is 1. The Balaban J connectivity index is 2.04. The van der Waals surface area contributed by atoms with Crippen molar-refractivity contribution < 1.29 is 13.9 Å². The number of hydrogen-bond donors (Lipinski definition) is 2. The van der Waals surface area contributed by atoms with Crippen LogP contribution in [0.1, 0.15) is 25.5 Å². The number of carbonyl (C=O) groups is 1. The van der Waals surface area contributed by atoms with Gasteiger partial charge in [-0.1, -0.05) is 12.1 Å². The maximum Gasteiger partial charge on any atom is 0.230 e. The fourth-order valence-electron chi connectivity index (χ4n) is 2.12. The van der Waals surface area contributed by atoms with Crippen LogP contribution in [-0.4, -0.2) is 25.2 Å². The molecule has 0 spiro atoms. The van der Waals surface area contributed by atoms with Crippen molar-refractivity contribution in [3.05, 3.63) is 35.6 Å². The molecule has 1 fully saturated rings. The van der Waals surface area contributed by atoms with Crippen molar-refractivity contribution in [3.63, 3.8) is 0 Å². The van der Waals surface area contributed by atoms with E-state index in [-0.39, 0.29) is 23.8 Å². The highest BCUT2D eigenvalue weighted by molar-refractivity contribution is 5.84. The van der Waals surface area contributed by atoms with Gasteiger partial charge in [-0.3, -0.25) is 4.79 Å². The third kappa shape index (κ3) is 2.77. The summed E-state index contributed by atoms with van der Waals surface area (Å²) < 4.78 is 18.1. The van der Waals surface area contributed by atoms with E-state index in [9.17, 15) is 9.18 Å². The summed E-state index contributed by atoms with van der Waals surface area (Å²) in [5.74, 6) is -0.422. The minimum Gasteiger partial charge on any atom is -0.379 e. The number of ether oxygens (including phenoxy) is 1. The van der Waals surface area contributed by atoms with E-state index in [0.29, 0.717) is 13.2 Å². The fourth-order valence-corrected chi connectivity index (χ4v) is 2.12. The summed E-state index contributed by atoms with van der Waals surface area (Å²) >= 11 is 0. The first-order valence-corrected chi connectivity index (χ1v) is 6.33. The number of rotatable bonds is 3. The van der Waals surface area contributed by atoms with Crippen LogP contribution in [0.5, 0.6) is 0 Å². The Morgan fingerprint density at radius 2 is 2.16 bits per heavy atom. The number of benzene rings is 1. The summed E-state index contributed by atoms with van der Waals surface area (Å²) in [7, 11) is 0. The van der Waals surface area contributed by atoms with E-state index in [1.807, 2.05) is 6.92 Å². The number of amides is 1. The molecule has 0 bridgehead atoms. The van der Waals surface area contributed by atoms with E-state index in [1.54, 1.807) is 19.1 Å². The number of hydrogen-bond acceptors (Lipinski definition) is 3. The minimum absolute atomic E-state index is 0.130. The largest absolute Gasteiger partial charge is 0.379 e. The SMILES string of the molecule is CC(NC(=O)C1(C)COCC1N)c1ccc(F)cc1. The first kappa shape index (κ1) is 14.0. The van der Waals surface area contributed by atoms with Gasteiger partial charge in [0.05, 0.1) is 24.7 Å². The summed E-state index contributed by atoms with van der Waals surface area (Å²) in [6.45, 7) is 4.39. The lowest BCUT2D eigenvalue weighted by atomic mass is 9.84. The average molecular weight is 266 g/mol. The van der Waals surface area contributed by atoms with Crippen molar-refractivity contribution in [1.82, 2.24) is 5.32 Å². The van der Waals surface area contributed by atoms with Crippen LogP contribution in [-0.2, 0) is 9.53 Å². The highest BCUT2D eigenvalue weighted by Crippen LogP contribution is 2.28. The van der Waals surface area contributed by atoms with Gasteiger partial charge in [-0.15, -0.1) is 0 Å². The number of nitrogens with two attached hydrogens (primary N) is 1. The molecule has 5 heteroatoms. The van der Waals surface area contributed by atoms with Gasteiger partial charge >= 0.3 is 0 Å². The lowest BCUT2D eigenvalue weighted by Crippen LogP contribution is -2.50. The molecular weight excluding hydrogens is 247 g/mol. The molecule has 1 aliphatic heterocycles. The Morgan fingerprint density at radius 1 is 1.53 bits per heavy atom. The predicted molar refractivity (Wildman–Crippen MR) is 69.9 cm³/mol. The Labute approximate surface area is 112 Å². The zero-order valence-electron chi connectivity index (χ0n) is 11.2. The topological polar surface area (TPSA) is 64.3 Å². The van der Waals surface area contributed by atoms with Crippen LogP contribution < -0.4 is 11.1 Å². The molecule has 4 nitrogen and oxygen atoms in total. The molecule has 19 heavy (non-hydrogen) atoms. The standard InChI is InChI=1S/C14H19FN2O2/c1-9(10-3-5-11(15)6-4-10)17-13(18)14(2)8-19-7-12(14)16/h3-6,9,12H,7-8,16H2,1-2H3,(H,17,18). The molecule has 1 aliphatic rings. The third-order valence-corrected chi connectivity index (χ3v) is 3.75. The van der Waals surface area contributed by atoms with Crippen LogP contribution in [0.2, 0.25) is 0 Å². The molecule has 0 aromatic heterocycles. The highest BCUT2D eigenvalue weighted by Gasteiger charge is 2.44. The Kier molecular flexibility index (Phi) is 3.87. The first-order valence-electron chi connectivity index (χ1n) is 6.33. The molecule has 1 aromatic rings. The van der Waals surface area contributed by atoms with Gasteiger partial charge in [0.15, 0.2) is 0 Å². The van der Waals surface area contributed by atoms with E-state index < -0.39 is 5.41 Å². The smallest absolute Gasteiger partial charge is 0.230 e. The monoisotopic (exact) mass is 266 g/mol. The van der Waals surface area contributed by atoms with Gasteiger partial charge in [0.25, 0.3) is 0 Å². The summed E-state index contributed by atoms with van der Waals surface area (Å²) in [5.41, 5.74) is 6.07. The number of nitrogens with one attached hydrogen (secondary N) is 1. The fraction of sp³-hybridized carbons (Fsp3) is 0.500. The van der Waals surface area contributed by atoms with E-state index >= 15 is 0 Å². The average Bonchev–Trinajstić information content (AvgIpc) is 2.71. The summed E-state index contributed by atoms with van der Waals surface area (Å²) in [6.07, 6.45) is 0. The van der Waals surface area contributed by atoms with Crippen molar-refractivity contribution in [1.29, 1.82) is 0 Å². The molecule has 0 saturated carbocycles. The maximum atomic E-state index is 12.9. The van der Waals surface area contributed by atoms with Gasteiger partial charge in [0, 0.05) is 6.04 Å². The highest BCUT2D eigenvalue weighted by atomic mass is 19.1. The molecule has 1 aromatic carbocycles. The molecule has 3 N–H and O–H groups in total. The molecule has 1 saturated heterocycles. The van der Waals surface area contributed by atoms with E-state index in [0.717, 1.165) is 5.56 Å². The second-order valence-corrected chi connectivity index (χ2v) is 5.29. The third-order valence-electron chi connectivity index (χ3n) is 3.75. The molecule has 2 rings (SSSR count). The minimum atomic E-state index is -0.700. The van der Waals surface area contributed by atoms with Crippen molar-refractivity contribution in [2.45, 2.75) is 25.9 Å². The van der Waals surface area contributed by atoms with Gasteiger partial charge in [-0.2, -0.15) is 0 Å². The molecular formula is C14H19FN2O2. The Hall–Kier alpha value is -1.46. The summed E-state index contributed by atoms with van der Waals surface area (Å²) in [4.78, 5) is 12.3. The zero-order chi connectivity index (χ0) is 14.0. The normalized spacial score (nSPS) is 28.1. The van der Waals surface area contributed by atoms with Crippen LogP contribution in [0, 0.1) is 11.2 Å². The van der Waals surface area contributed by atoms with Crippen molar-refractivity contribution >= 4 is 5.91 Å². The van der Waals surface area contributed by atoms with Crippen LogP contribution in [0.4, 0.5) is 4.39 Å². The molecule has 0 aliphatic carbocycles. The van der Waals surface area contributed by atoms with Gasteiger partial charge in [-0.25, -0.2) is 4.39 Å². The van der Waals surface area contributed by atoms with Crippen molar-refractivity contribution in [2.75, 3.05) is 13.2 Å². The summed E-state index contributed by atoms with van der Waals surface area (Å²) in [5, 5.41) is 2.91. The van der Waals surface area contributed by atoms with Crippen molar-refractivity contribution in [3.8, 4) is 0 Å². The predicted octanol–water partition coefficient (Wildman–Crippen LogP) is 1.37. The second kappa shape index (κ2) is 5.27. The van der Waals surface area contributed by atoms with E-state index in [2.05, 4.69) is 5.32 Å². The Morgan fingerprint density at radius 3 is 2.68 bits per heavy atom. The first-order chi connectivity index (χ1) is 8.93. The van der Waals surface area contributed by atoms with Crippen LogP contribution in [0.25, 0.3) is 0 Å². The van der Waals surface area contributed by atoms with Gasteiger partial charge in [0.1, 0.15) is 5.82 Å². The second-order valence-electron chi connectivity index (χ2n) is 5.29. The van der Waals surface area contributed by atoms with Gasteiger partial charge in [-0.05, 0) is 31.5 Å². The van der Waals surface area contributed by atoms with Crippen LogP contribution >= 0.6 is 0 Å². The zero-order valence-corrected chi connectivity index (χ0v) is 11.2. The van der Waals surface area contributed by atoms with Gasteiger partial charge in [0.2, 0.25) is 5.91 Å². The van der Waals surface area contributed by atoms with Gasteiger partial charge < -0.3 is 15.8 Å². The van der Waals surface area contributed by atoms with Crippen LogP contribution in [0.15, 0.2) is 24.3 Å². The number of halogens is 1. The molecule has 3 atom stereocenters. The quantitative estimate of drug-likeness (QED) is 0.868. The van der Waals surface area contributed by atoms with Crippen LogP contribution in [0.3, 0.4) is 0 Å². The molecule has 104 valence electrons. The molecule has 1 heterocycles. The van der Waals surface area contributed by atoms with Crippen molar-refractivity contribution in [2.24, 2.45) is 11.1 Å². The molecule has 3 unspecified atom stereocenters.